The summed E-state index contributed by atoms with van der Waals surface area (Å²) in [6, 6.07) is 8.32. The molecule has 0 spiro atoms. The molecule has 1 fully saturated rings. The maximum absolute atomic E-state index is 5.33. The molecule has 0 saturated carbocycles. The topological polar surface area (TPSA) is 48.9 Å². The average molecular weight is 460 g/mol. The van der Waals surface area contributed by atoms with Crippen molar-refractivity contribution in [3.8, 4) is 5.75 Å². The van der Waals surface area contributed by atoms with Crippen LogP contribution in [0.4, 0.5) is 5.69 Å². The monoisotopic (exact) mass is 460 g/mol. The lowest BCUT2D eigenvalue weighted by Crippen LogP contribution is -2.38. The van der Waals surface area contributed by atoms with E-state index in [2.05, 4.69) is 47.6 Å². The van der Waals surface area contributed by atoms with E-state index < -0.39 is 0 Å². The van der Waals surface area contributed by atoms with Crippen LogP contribution in [0.25, 0.3) is 0 Å². The van der Waals surface area contributed by atoms with Crippen LogP contribution < -0.4 is 20.3 Å². The van der Waals surface area contributed by atoms with Gasteiger partial charge in [0.05, 0.1) is 7.11 Å². The van der Waals surface area contributed by atoms with E-state index in [1.807, 2.05) is 6.07 Å². The normalized spacial score (nSPS) is 17.2. The van der Waals surface area contributed by atoms with Gasteiger partial charge in [0.15, 0.2) is 5.96 Å². The summed E-state index contributed by atoms with van der Waals surface area (Å²) in [5.74, 6) is 2.48. The minimum Gasteiger partial charge on any atom is -0.497 e. The highest BCUT2D eigenvalue weighted by molar-refractivity contribution is 14.0. The first-order valence-corrected chi connectivity index (χ1v) is 9.18. The minimum absolute atomic E-state index is 0. The number of unbranched alkanes of at least 4 members (excludes halogenated alkanes) is 1. The van der Waals surface area contributed by atoms with Gasteiger partial charge in [-0.2, -0.15) is 0 Å². The van der Waals surface area contributed by atoms with Crippen LogP contribution in [0.2, 0.25) is 0 Å². The average Bonchev–Trinajstić information content (AvgIpc) is 3.09. The third kappa shape index (κ3) is 7.30. The number of rotatable bonds is 8. The summed E-state index contributed by atoms with van der Waals surface area (Å²) in [5.41, 5.74) is 1.24. The summed E-state index contributed by atoms with van der Waals surface area (Å²) in [6.45, 7) is 9.23. The van der Waals surface area contributed by atoms with Crippen LogP contribution >= 0.6 is 24.0 Å². The number of halogens is 1. The van der Waals surface area contributed by atoms with Crippen molar-refractivity contribution in [3.05, 3.63) is 24.3 Å². The Labute approximate surface area is 169 Å². The maximum Gasteiger partial charge on any atom is 0.191 e. The third-order valence-electron chi connectivity index (χ3n) is 4.38. The first-order valence-electron chi connectivity index (χ1n) is 9.18. The maximum atomic E-state index is 5.33. The summed E-state index contributed by atoms with van der Waals surface area (Å²) < 4.78 is 5.33. The van der Waals surface area contributed by atoms with Crippen molar-refractivity contribution in [2.75, 3.05) is 44.7 Å². The highest BCUT2D eigenvalue weighted by Crippen LogP contribution is 2.26. The van der Waals surface area contributed by atoms with E-state index in [9.17, 15) is 0 Å². The molecule has 142 valence electrons. The second-order valence-electron chi connectivity index (χ2n) is 6.30. The van der Waals surface area contributed by atoms with Crippen molar-refractivity contribution in [1.29, 1.82) is 0 Å². The number of anilines is 1. The van der Waals surface area contributed by atoms with Gasteiger partial charge in [0.1, 0.15) is 5.75 Å². The molecule has 2 N–H and O–H groups in total. The second-order valence-corrected chi connectivity index (χ2v) is 6.30. The van der Waals surface area contributed by atoms with Gasteiger partial charge in [-0.15, -0.1) is 24.0 Å². The number of guanidine groups is 1. The van der Waals surface area contributed by atoms with E-state index >= 15 is 0 Å². The van der Waals surface area contributed by atoms with Gasteiger partial charge in [0.2, 0.25) is 0 Å². The number of aliphatic imine (C=N–C) groups is 1. The Morgan fingerprint density at radius 2 is 2.16 bits per heavy atom. The van der Waals surface area contributed by atoms with Crippen LogP contribution in [0.1, 0.15) is 33.1 Å². The zero-order valence-electron chi connectivity index (χ0n) is 15.8. The number of nitrogens with zero attached hydrogens (tertiary/aromatic N) is 2. The largest absolute Gasteiger partial charge is 0.497 e. The van der Waals surface area contributed by atoms with Crippen LogP contribution in [-0.4, -0.2) is 45.8 Å². The predicted molar refractivity (Wildman–Crippen MR) is 118 cm³/mol. The van der Waals surface area contributed by atoms with E-state index in [1.165, 1.54) is 24.9 Å². The van der Waals surface area contributed by atoms with Crippen molar-refractivity contribution < 1.29 is 4.74 Å². The Balaban J connectivity index is 0.00000312. The minimum atomic E-state index is 0. The molecule has 0 radical (unpaired) electrons. The highest BCUT2D eigenvalue weighted by atomic mass is 127. The molecule has 1 aromatic carbocycles. The molecule has 0 amide bonds. The smallest absolute Gasteiger partial charge is 0.191 e. The number of ether oxygens (including phenoxy) is 1. The van der Waals surface area contributed by atoms with Gasteiger partial charge < -0.3 is 20.3 Å². The Bertz CT molecular complexity index is 524. The zero-order valence-corrected chi connectivity index (χ0v) is 18.1. The lowest BCUT2D eigenvalue weighted by molar-refractivity contribution is 0.415. The van der Waals surface area contributed by atoms with Crippen molar-refractivity contribution in [3.63, 3.8) is 0 Å². The molecule has 25 heavy (non-hydrogen) atoms. The molecule has 0 aliphatic carbocycles. The van der Waals surface area contributed by atoms with Crippen LogP contribution in [0.15, 0.2) is 29.3 Å². The van der Waals surface area contributed by atoms with Gasteiger partial charge in [-0.05, 0) is 37.8 Å². The SMILES string of the molecule is CCCCNC(=NCC1CCN(c2cccc(OC)c2)C1)NCC.I. The van der Waals surface area contributed by atoms with E-state index in [4.69, 9.17) is 9.73 Å². The van der Waals surface area contributed by atoms with E-state index in [-0.39, 0.29) is 24.0 Å². The molecule has 1 saturated heterocycles. The second kappa shape index (κ2) is 12.2. The molecule has 1 atom stereocenters. The fourth-order valence-electron chi connectivity index (χ4n) is 2.97. The number of methoxy groups -OCH3 is 1. The van der Waals surface area contributed by atoms with Gasteiger partial charge in [-0.1, -0.05) is 19.4 Å². The Kier molecular flexibility index (Phi) is 10.7. The van der Waals surface area contributed by atoms with E-state index in [0.717, 1.165) is 44.4 Å². The number of nitrogens with one attached hydrogen (secondary N) is 2. The van der Waals surface area contributed by atoms with Gasteiger partial charge in [0.25, 0.3) is 0 Å². The summed E-state index contributed by atoms with van der Waals surface area (Å²) in [6.07, 6.45) is 3.57. The summed E-state index contributed by atoms with van der Waals surface area (Å²) in [5, 5.41) is 6.74. The summed E-state index contributed by atoms with van der Waals surface area (Å²) >= 11 is 0. The van der Waals surface area contributed by atoms with Gasteiger partial charge >= 0.3 is 0 Å². The molecule has 5 nitrogen and oxygen atoms in total. The van der Waals surface area contributed by atoms with Gasteiger partial charge in [-0.3, -0.25) is 4.99 Å². The molecular formula is C19H33IN4O. The molecule has 1 aliphatic heterocycles. The quantitative estimate of drug-likeness (QED) is 0.270. The van der Waals surface area contributed by atoms with Crippen LogP contribution in [0, 0.1) is 5.92 Å². The van der Waals surface area contributed by atoms with Crippen LogP contribution in [-0.2, 0) is 0 Å². The molecular weight excluding hydrogens is 427 g/mol. The third-order valence-corrected chi connectivity index (χ3v) is 4.38. The fraction of sp³-hybridized carbons (Fsp3) is 0.632. The van der Waals surface area contributed by atoms with Crippen LogP contribution in [0.3, 0.4) is 0 Å². The van der Waals surface area contributed by atoms with Gasteiger partial charge in [-0.25, -0.2) is 0 Å². The highest BCUT2D eigenvalue weighted by Gasteiger charge is 2.22. The molecule has 0 aromatic heterocycles. The number of hydrogen-bond donors (Lipinski definition) is 2. The molecule has 1 heterocycles. The molecule has 1 aliphatic rings. The molecule has 6 heteroatoms. The van der Waals surface area contributed by atoms with E-state index in [0.29, 0.717) is 5.92 Å². The van der Waals surface area contributed by atoms with Crippen molar-refractivity contribution in [2.24, 2.45) is 10.9 Å². The Hall–Kier alpha value is -1.18. The van der Waals surface area contributed by atoms with E-state index in [1.54, 1.807) is 7.11 Å². The van der Waals surface area contributed by atoms with Crippen molar-refractivity contribution >= 4 is 35.6 Å². The first-order chi connectivity index (χ1) is 11.8. The van der Waals surface area contributed by atoms with Crippen molar-refractivity contribution in [2.45, 2.75) is 33.1 Å². The zero-order chi connectivity index (χ0) is 17.2. The van der Waals surface area contributed by atoms with Crippen molar-refractivity contribution in [1.82, 2.24) is 10.6 Å². The Morgan fingerprint density at radius 3 is 2.88 bits per heavy atom. The molecule has 0 bridgehead atoms. The van der Waals surface area contributed by atoms with Gasteiger partial charge in [0, 0.05) is 44.5 Å². The number of benzene rings is 1. The summed E-state index contributed by atoms with van der Waals surface area (Å²) in [4.78, 5) is 7.20. The lowest BCUT2D eigenvalue weighted by Gasteiger charge is -2.19. The molecule has 2 rings (SSSR count). The standard InChI is InChI=1S/C19H32N4O.HI/c1-4-6-11-21-19(20-5-2)22-14-16-10-12-23(15-16)17-8-7-9-18(13-17)24-3;/h7-9,13,16H,4-6,10-12,14-15H2,1-3H3,(H2,20,21,22);1H. The first kappa shape index (κ1) is 21.9. The molecule has 1 unspecified atom stereocenters. The number of hydrogen-bond acceptors (Lipinski definition) is 3. The fourth-order valence-corrected chi connectivity index (χ4v) is 2.97. The van der Waals surface area contributed by atoms with Crippen LogP contribution in [0.5, 0.6) is 5.75 Å². The predicted octanol–water partition coefficient (Wildman–Crippen LogP) is 3.49. The lowest BCUT2D eigenvalue weighted by atomic mass is 10.1. The Morgan fingerprint density at radius 1 is 1.32 bits per heavy atom. The summed E-state index contributed by atoms with van der Waals surface area (Å²) in [7, 11) is 1.72. The molecule has 1 aromatic rings.